The summed E-state index contributed by atoms with van der Waals surface area (Å²) >= 11 is 0. The lowest BCUT2D eigenvalue weighted by molar-refractivity contribution is 0.0902. The number of rotatable bonds is 3. The van der Waals surface area contributed by atoms with Crippen molar-refractivity contribution in [1.82, 2.24) is 0 Å². The Bertz CT molecular complexity index is 375. The Labute approximate surface area is 103 Å². The smallest absolute Gasteiger partial charge is 0.126 e. The van der Waals surface area contributed by atoms with Crippen molar-refractivity contribution in [3.63, 3.8) is 0 Å². The maximum Gasteiger partial charge on any atom is 0.126 e. The van der Waals surface area contributed by atoms with Crippen molar-refractivity contribution in [2.24, 2.45) is 5.92 Å². The standard InChI is InChI=1S/C15H21FO/c1-3-12-6-4-5-7-15(12)17-13-8-9-14(16)11(2)10-13/h8-10,12,15H,3-7H2,1-2H3. The first-order valence-corrected chi connectivity index (χ1v) is 6.63. The van der Waals surface area contributed by atoms with Crippen LogP contribution < -0.4 is 4.74 Å². The molecule has 1 aliphatic carbocycles. The Morgan fingerprint density at radius 1 is 1.29 bits per heavy atom. The summed E-state index contributed by atoms with van der Waals surface area (Å²) in [5.41, 5.74) is 0.659. The summed E-state index contributed by atoms with van der Waals surface area (Å²) in [5.74, 6) is 1.32. The maximum atomic E-state index is 13.2. The van der Waals surface area contributed by atoms with Crippen molar-refractivity contribution in [2.75, 3.05) is 0 Å². The van der Waals surface area contributed by atoms with Crippen LogP contribution in [-0.4, -0.2) is 6.10 Å². The van der Waals surface area contributed by atoms with E-state index in [-0.39, 0.29) is 5.82 Å². The summed E-state index contributed by atoms with van der Waals surface area (Å²) < 4.78 is 19.2. The molecule has 1 saturated carbocycles. The SMILES string of the molecule is CCC1CCCCC1Oc1ccc(F)c(C)c1. The number of benzene rings is 1. The fourth-order valence-electron chi connectivity index (χ4n) is 2.66. The Morgan fingerprint density at radius 2 is 2.06 bits per heavy atom. The van der Waals surface area contributed by atoms with Crippen LogP contribution in [0.5, 0.6) is 5.75 Å². The van der Waals surface area contributed by atoms with Gasteiger partial charge in [-0.1, -0.05) is 13.3 Å². The molecule has 1 fully saturated rings. The largest absolute Gasteiger partial charge is 0.490 e. The molecular formula is C15H21FO. The van der Waals surface area contributed by atoms with Crippen molar-refractivity contribution in [3.05, 3.63) is 29.6 Å². The zero-order chi connectivity index (χ0) is 12.3. The molecule has 0 aromatic heterocycles. The second-order valence-corrected chi connectivity index (χ2v) is 5.02. The fraction of sp³-hybridized carbons (Fsp3) is 0.600. The molecule has 0 spiro atoms. The van der Waals surface area contributed by atoms with E-state index in [9.17, 15) is 4.39 Å². The summed E-state index contributed by atoms with van der Waals surface area (Å²) in [6, 6.07) is 5.04. The van der Waals surface area contributed by atoms with Crippen LogP contribution in [0.25, 0.3) is 0 Å². The molecule has 0 aliphatic heterocycles. The molecule has 2 unspecified atom stereocenters. The maximum absolute atomic E-state index is 13.2. The van der Waals surface area contributed by atoms with Crippen molar-refractivity contribution in [3.8, 4) is 5.75 Å². The van der Waals surface area contributed by atoms with E-state index in [1.807, 2.05) is 0 Å². The third kappa shape index (κ3) is 2.99. The van der Waals surface area contributed by atoms with E-state index in [1.54, 1.807) is 19.1 Å². The van der Waals surface area contributed by atoms with Crippen LogP contribution in [0.4, 0.5) is 4.39 Å². The second kappa shape index (κ2) is 5.52. The molecule has 0 radical (unpaired) electrons. The van der Waals surface area contributed by atoms with Gasteiger partial charge in [-0.3, -0.25) is 0 Å². The van der Waals surface area contributed by atoms with Gasteiger partial charge < -0.3 is 4.74 Å². The minimum absolute atomic E-state index is 0.159. The van der Waals surface area contributed by atoms with Crippen LogP contribution >= 0.6 is 0 Å². The van der Waals surface area contributed by atoms with Crippen LogP contribution in [0.2, 0.25) is 0 Å². The lowest BCUT2D eigenvalue weighted by atomic mass is 9.85. The van der Waals surface area contributed by atoms with Crippen LogP contribution in [0.1, 0.15) is 44.6 Å². The number of halogens is 1. The molecule has 1 nitrogen and oxygen atoms in total. The minimum Gasteiger partial charge on any atom is -0.490 e. The quantitative estimate of drug-likeness (QED) is 0.751. The summed E-state index contributed by atoms with van der Waals surface area (Å²) in [4.78, 5) is 0. The van der Waals surface area contributed by atoms with Crippen LogP contribution in [0.3, 0.4) is 0 Å². The van der Waals surface area contributed by atoms with E-state index in [1.165, 1.54) is 31.7 Å². The molecule has 0 amide bonds. The topological polar surface area (TPSA) is 9.23 Å². The number of aryl methyl sites for hydroxylation is 1. The Balaban J connectivity index is 2.05. The van der Waals surface area contributed by atoms with E-state index in [2.05, 4.69) is 6.92 Å². The van der Waals surface area contributed by atoms with E-state index in [0.29, 0.717) is 17.6 Å². The van der Waals surface area contributed by atoms with Gasteiger partial charge >= 0.3 is 0 Å². The first-order chi connectivity index (χ1) is 8.20. The first-order valence-electron chi connectivity index (χ1n) is 6.63. The molecule has 2 heteroatoms. The molecule has 17 heavy (non-hydrogen) atoms. The van der Waals surface area contributed by atoms with Gasteiger partial charge in [0.05, 0.1) is 0 Å². The Hall–Kier alpha value is -1.05. The molecule has 1 aromatic carbocycles. The summed E-state index contributed by atoms with van der Waals surface area (Å²) in [5, 5.41) is 0. The third-order valence-corrected chi connectivity index (χ3v) is 3.78. The molecule has 2 rings (SSSR count). The van der Waals surface area contributed by atoms with Gasteiger partial charge in [-0.15, -0.1) is 0 Å². The molecular weight excluding hydrogens is 215 g/mol. The minimum atomic E-state index is -0.159. The van der Waals surface area contributed by atoms with E-state index in [0.717, 1.165) is 12.2 Å². The average Bonchev–Trinajstić information content (AvgIpc) is 2.34. The Kier molecular flexibility index (Phi) is 4.03. The van der Waals surface area contributed by atoms with Crippen LogP contribution in [0, 0.1) is 18.7 Å². The molecule has 0 heterocycles. The Morgan fingerprint density at radius 3 is 2.76 bits per heavy atom. The molecule has 1 aromatic rings. The molecule has 94 valence electrons. The molecule has 1 aliphatic rings. The monoisotopic (exact) mass is 236 g/mol. The van der Waals surface area contributed by atoms with Gasteiger partial charge in [-0.25, -0.2) is 4.39 Å². The van der Waals surface area contributed by atoms with Crippen molar-refractivity contribution >= 4 is 0 Å². The number of hydrogen-bond donors (Lipinski definition) is 0. The van der Waals surface area contributed by atoms with Gasteiger partial charge in [0, 0.05) is 0 Å². The molecule has 0 saturated heterocycles. The van der Waals surface area contributed by atoms with E-state index < -0.39 is 0 Å². The number of ether oxygens (including phenoxy) is 1. The highest BCUT2D eigenvalue weighted by atomic mass is 19.1. The van der Waals surface area contributed by atoms with Crippen molar-refractivity contribution in [1.29, 1.82) is 0 Å². The van der Waals surface area contributed by atoms with Crippen molar-refractivity contribution in [2.45, 2.75) is 52.1 Å². The highest BCUT2D eigenvalue weighted by Crippen LogP contribution is 2.30. The first kappa shape index (κ1) is 12.4. The van der Waals surface area contributed by atoms with Gasteiger partial charge in [-0.05, 0) is 62.3 Å². The van der Waals surface area contributed by atoms with Gasteiger partial charge in [-0.2, -0.15) is 0 Å². The lowest BCUT2D eigenvalue weighted by Crippen LogP contribution is -2.29. The summed E-state index contributed by atoms with van der Waals surface area (Å²) in [6.07, 6.45) is 6.46. The molecule has 2 atom stereocenters. The van der Waals surface area contributed by atoms with Gasteiger partial charge in [0.15, 0.2) is 0 Å². The van der Waals surface area contributed by atoms with E-state index in [4.69, 9.17) is 4.74 Å². The van der Waals surface area contributed by atoms with Gasteiger partial charge in [0.1, 0.15) is 17.7 Å². The van der Waals surface area contributed by atoms with Crippen LogP contribution in [-0.2, 0) is 0 Å². The lowest BCUT2D eigenvalue weighted by Gasteiger charge is -2.31. The van der Waals surface area contributed by atoms with E-state index >= 15 is 0 Å². The van der Waals surface area contributed by atoms with Crippen LogP contribution in [0.15, 0.2) is 18.2 Å². The van der Waals surface area contributed by atoms with Gasteiger partial charge in [0.2, 0.25) is 0 Å². The zero-order valence-electron chi connectivity index (χ0n) is 10.7. The predicted octanol–water partition coefficient (Wildman–Crippen LogP) is 4.48. The van der Waals surface area contributed by atoms with Crippen molar-refractivity contribution < 1.29 is 9.13 Å². The zero-order valence-corrected chi connectivity index (χ0v) is 10.7. The molecule has 0 N–H and O–H groups in total. The fourth-order valence-corrected chi connectivity index (χ4v) is 2.66. The average molecular weight is 236 g/mol. The number of hydrogen-bond acceptors (Lipinski definition) is 1. The highest BCUT2D eigenvalue weighted by Gasteiger charge is 2.25. The summed E-state index contributed by atoms with van der Waals surface area (Å²) in [6.45, 7) is 4.00. The second-order valence-electron chi connectivity index (χ2n) is 5.02. The highest BCUT2D eigenvalue weighted by molar-refractivity contribution is 5.29. The normalized spacial score (nSPS) is 24.6. The predicted molar refractivity (Wildman–Crippen MR) is 67.8 cm³/mol. The summed E-state index contributed by atoms with van der Waals surface area (Å²) in [7, 11) is 0. The molecule has 0 bridgehead atoms. The third-order valence-electron chi connectivity index (χ3n) is 3.78. The van der Waals surface area contributed by atoms with Gasteiger partial charge in [0.25, 0.3) is 0 Å².